The second-order valence-electron chi connectivity index (χ2n) is 5.84. The van der Waals surface area contributed by atoms with Gasteiger partial charge in [0.2, 0.25) is 0 Å². The van der Waals surface area contributed by atoms with E-state index >= 15 is 0 Å². The highest BCUT2D eigenvalue weighted by molar-refractivity contribution is 4.87. The van der Waals surface area contributed by atoms with Crippen LogP contribution in [0.15, 0.2) is 23.7 Å². The molecule has 2 heteroatoms. The van der Waals surface area contributed by atoms with Crippen LogP contribution in [0.25, 0.3) is 0 Å². The van der Waals surface area contributed by atoms with E-state index in [2.05, 4.69) is 41.5 Å². The predicted octanol–water partition coefficient (Wildman–Crippen LogP) is 5.31. The van der Waals surface area contributed by atoms with E-state index in [0.29, 0.717) is 11.8 Å². The van der Waals surface area contributed by atoms with Crippen LogP contribution in [0.2, 0.25) is 0 Å². The average molecular weight is 268 g/mol. The van der Waals surface area contributed by atoms with Gasteiger partial charge < -0.3 is 9.47 Å². The van der Waals surface area contributed by atoms with Gasteiger partial charge in [-0.2, -0.15) is 0 Å². The summed E-state index contributed by atoms with van der Waals surface area (Å²) in [5.41, 5.74) is 2.43. The summed E-state index contributed by atoms with van der Waals surface area (Å²) in [7, 11) is 0. The number of hydrogen-bond acceptors (Lipinski definition) is 2. The molecule has 0 bridgehead atoms. The fourth-order valence-electron chi connectivity index (χ4n) is 1.88. The van der Waals surface area contributed by atoms with Gasteiger partial charge in [-0.15, -0.1) is 0 Å². The Balaban J connectivity index is 4.09. The minimum absolute atomic E-state index is 0.621. The van der Waals surface area contributed by atoms with Crippen LogP contribution < -0.4 is 0 Å². The van der Waals surface area contributed by atoms with E-state index in [1.165, 1.54) is 17.6 Å². The lowest BCUT2D eigenvalue weighted by Crippen LogP contribution is -2.16. The van der Waals surface area contributed by atoms with Crippen molar-refractivity contribution in [2.24, 2.45) is 11.8 Å². The van der Waals surface area contributed by atoms with Crippen LogP contribution in [0.4, 0.5) is 0 Å². The Morgan fingerprint density at radius 1 is 0.789 bits per heavy atom. The van der Waals surface area contributed by atoms with Gasteiger partial charge >= 0.3 is 0 Å². The molecule has 0 aliphatic carbocycles. The highest BCUT2D eigenvalue weighted by Gasteiger charge is 2.14. The molecule has 0 saturated carbocycles. The largest absolute Gasteiger partial charge is 0.501 e. The van der Waals surface area contributed by atoms with Gasteiger partial charge in [0.05, 0.1) is 25.7 Å². The summed E-state index contributed by atoms with van der Waals surface area (Å²) in [5, 5.41) is 0. The van der Waals surface area contributed by atoms with Crippen LogP contribution in [0.3, 0.4) is 0 Å². The van der Waals surface area contributed by atoms with Crippen LogP contribution >= 0.6 is 0 Å². The third-order valence-electron chi connectivity index (χ3n) is 3.12. The molecule has 19 heavy (non-hydrogen) atoms. The third-order valence-corrected chi connectivity index (χ3v) is 3.12. The molecule has 0 aromatic carbocycles. The lowest BCUT2D eigenvalue weighted by Gasteiger charge is -2.21. The van der Waals surface area contributed by atoms with E-state index < -0.39 is 0 Å². The van der Waals surface area contributed by atoms with E-state index in [9.17, 15) is 0 Å². The first-order chi connectivity index (χ1) is 8.99. The molecule has 0 rings (SSSR count). The summed E-state index contributed by atoms with van der Waals surface area (Å²) < 4.78 is 11.2. The van der Waals surface area contributed by atoms with Crippen molar-refractivity contribution in [1.82, 2.24) is 0 Å². The summed E-state index contributed by atoms with van der Waals surface area (Å²) in [6.45, 7) is 14.3. The predicted molar refractivity (Wildman–Crippen MR) is 82.9 cm³/mol. The molecule has 2 nitrogen and oxygen atoms in total. The first-order valence-corrected chi connectivity index (χ1v) is 7.49. The minimum atomic E-state index is 0.621. The molecular weight excluding hydrogens is 236 g/mol. The Hall–Kier alpha value is -0.920. The highest BCUT2D eigenvalue weighted by atomic mass is 16.5. The van der Waals surface area contributed by atoms with Gasteiger partial charge in [0.15, 0.2) is 0 Å². The summed E-state index contributed by atoms with van der Waals surface area (Å²) in [5.74, 6) is 1.24. The van der Waals surface area contributed by atoms with Gasteiger partial charge in [-0.1, -0.05) is 26.7 Å². The van der Waals surface area contributed by atoms with Crippen LogP contribution in [-0.2, 0) is 9.47 Å². The van der Waals surface area contributed by atoms with Gasteiger partial charge in [-0.05, 0) is 57.1 Å². The molecule has 0 aliphatic heterocycles. The zero-order valence-electron chi connectivity index (χ0n) is 13.7. The van der Waals surface area contributed by atoms with Crippen LogP contribution in [-0.4, -0.2) is 13.2 Å². The average Bonchev–Trinajstić information content (AvgIpc) is 2.34. The van der Waals surface area contributed by atoms with E-state index in [1.807, 2.05) is 12.5 Å². The second-order valence-corrected chi connectivity index (χ2v) is 5.84. The number of ether oxygens (including phenoxy) is 2. The molecule has 0 heterocycles. The molecule has 0 amide bonds. The van der Waals surface area contributed by atoms with Crippen molar-refractivity contribution >= 4 is 0 Å². The lowest BCUT2D eigenvalue weighted by atomic mass is 9.92. The quantitative estimate of drug-likeness (QED) is 0.500. The maximum absolute atomic E-state index is 5.62. The highest BCUT2D eigenvalue weighted by Crippen LogP contribution is 2.20. The molecule has 112 valence electrons. The Morgan fingerprint density at radius 3 is 1.42 bits per heavy atom. The van der Waals surface area contributed by atoms with Crippen molar-refractivity contribution in [3.8, 4) is 0 Å². The van der Waals surface area contributed by atoms with E-state index in [0.717, 1.165) is 26.1 Å². The smallest absolute Gasteiger partial charge is 0.0901 e. The van der Waals surface area contributed by atoms with Gasteiger partial charge in [0, 0.05) is 0 Å². The van der Waals surface area contributed by atoms with Crippen LogP contribution in [0, 0.1) is 11.8 Å². The maximum atomic E-state index is 5.62. The maximum Gasteiger partial charge on any atom is 0.0901 e. The normalized spacial score (nSPS) is 13.4. The van der Waals surface area contributed by atoms with Crippen molar-refractivity contribution < 1.29 is 9.47 Å². The second kappa shape index (κ2) is 11.0. The zero-order valence-corrected chi connectivity index (χ0v) is 13.7. The molecule has 2 unspecified atom stereocenters. The Labute approximate surface area is 119 Å². The summed E-state index contributed by atoms with van der Waals surface area (Å²) >= 11 is 0. The van der Waals surface area contributed by atoms with Crippen molar-refractivity contribution in [1.29, 1.82) is 0 Å². The molecular formula is C17H32O2. The van der Waals surface area contributed by atoms with Crippen LogP contribution in [0.1, 0.15) is 60.8 Å². The summed E-state index contributed by atoms with van der Waals surface area (Å²) in [4.78, 5) is 0. The summed E-state index contributed by atoms with van der Waals surface area (Å²) in [6.07, 6.45) is 7.23. The van der Waals surface area contributed by atoms with Gasteiger partial charge in [0.25, 0.3) is 0 Å². The minimum Gasteiger partial charge on any atom is -0.501 e. The topological polar surface area (TPSA) is 18.5 Å². The Bertz CT molecular complexity index is 243. The molecule has 0 aromatic rings. The first kappa shape index (κ1) is 18.1. The van der Waals surface area contributed by atoms with Crippen molar-refractivity contribution in [2.45, 2.75) is 60.8 Å². The molecule has 0 radical (unpaired) electrons. The molecule has 0 N–H and O–H groups in total. The Morgan fingerprint density at radius 2 is 1.16 bits per heavy atom. The van der Waals surface area contributed by atoms with Gasteiger partial charge in [0.1, 0.15) is 0 Å². The van der Waals surface area contributed by atoms with Crippen molar-refractivity contribution in [2.75, 3.05) is 13.2 Å². The summed E-state index contributed by atoms with van der Waals surface area (Å²) in [6, 6.07) is 0. The molecule has 0 aliphatic rings. The number of hydrogen-bond donors (Lipinski definition) is 0. The lowest BCUT2D eigenvalue weighted by molar-refractivity contribution is 0.132. The first-order valence-electron chi connectivity index (χ1n) is 7.49. The van der Waals surface area contributed by atoms with Gasteiger partial charge in [-0.25, -0.2) is 0 Å². The van der Waals surface area contributed by atoms with E-state index in [1.54, 1.807) is 0 Å². The SMILES string of the molecule is CCC(COC=C(C)C)CC(CC)COC=C(C)C. The Kier molecular flexibility index (Phi) is 10.4. The van der Waals surface area contributed by atoms with E-state index in [-0.39, 0.29) is 0 Å². The number of allylic oxidation sites excluding steroid dienone is 2. The zero-order chi connectivity index (χ0) is 14.7. The molecule has 2 atom stereocenters. The van der Waals surface area contributed by atoms with E-state index in [4.69, 9.17) is 9.47 Å². The third kappa shape index (κ3) is 10.7. The monoisotopic (exact) mass is 268 g/mol. The fraction of sp³-hybridized carbons (Fsp3) is 0.765. The van der Waals surface area contributed by atoms with Gasteiger partial charge in [-0.3, -0.25) is 0 Å². The molecule has 0 fully saturated rings. The molecule has 0 aromatic heterocycles. The van der Waals surface area contributed by atoms with Crippen molar-refractivity contribution in [3.63, 3.8) is 0 Å². The molecule has 0 saturated heterocycles. The number of rotatable bonds is 10. The van der Waals surface area contributed by atoms with Crippen LogP contribution in [0.5, 0.6) is 0 Å². The fourth-order valence-corrected chi connectivity index (χ4v) is 1.88. The van der Waals surface area contributed by atoms with Crippen molar-refractivity contribution in [3.05, 3.63) is 23.7 Å². The standard InChI is InChI=1S/C17H32O2/c1-7-16(12-18-10-14(3)4)9-17(8-2)13-19-11-15(5)6/h10-11,16-17H,7-9,12-13H2,1-6H3. The molecule has 0 spiro atoms.